The second-order valence-corrected chi connectivity index (χ2v) is 7.28. The van der Waals surface area contributed by atoms with E-state index in [1.807, 2.05) is 11.0 Å². The molecule has 4 rings (SSSR count). The molecule has 1 aromatic heterocycles. The first-order valence-corrected chi connectivity index (χ1v) is 9.42. The van der Waals surface area contributed by atoms with E-state index in [0.717, 1.165) is 44.5 Å². The molecule has 5 heteroatoms. The number of rotatable bonds is 5. The summed E-state index contributed by atoms with van der Waals surface area (Å²) in [6, 6.07) is 10.4. The number of aryl methyl sites for hydroxylation is 1. The second kappa shape index (κ2) is 6.98. The molecule has 25 heavy (non-hydrogen) atoms. The molecule has 5 nitrogen and oxygen atoms in total. The Kier molecular flexibility index (Phi) is 4.55. The summed E-state index contributed by atoms with van der Waals surface area (Å²) in [6.45, 7) is 3.67. The van der Waals surface area contributed by atoms with Crippen LogP contribution in [0.25, 0.3) is 0 Å². The van der Waals surface area contributed by atoms with Crippen molar-refractivity contribution in [1.29, 1.82) is 0 Å². The Morgan fingerprint density at radius 1 is 1.32 bits per heavy atom. The topological polar surface area (TPSA) is 59.2 Å². The van der Waals surface area contributed by atoms with E-state index in [2.05, 4.69) is 41.3 Å². The van der Waals surface area contributed by atoms with Crippen LogP contribution in [0.1, 0.15) is 61.7 Å². The highest BCUT2D eigenvalue weighted by atomic mass is 16.5. The van der Waals surface area contributed by atoms with Crippen molar-refractivity contribution in [3.8, 4) is 0 Å². The maximum Gasteiger partial charge on any atom is 0.231 e. The van der Waals surface area contributed by atoms with Crippen molar-refractivity contribution in [2.45, 2.75) is 50.9 Å². The summed E-state index contributed by atoms with van der Waals surface area (Å²) in [5.74, 6) is 2.52. The standard InChI is InChI=1S/C20H25N3O2/c1-2-7-18-21-19(25-22-18)15-10-6-11-23(13-15)20(24)17-12-16(17)14-8-4-3-5-9-14/h3-5,8-9,15-17H,2,6-7,10-13H2,1H3/t15-,16+,17+/m1/s1. The molecule has 1 aliphatic heterocycles. The molecular formula is C20H25N3O2. The third kappa shape index (κ3) is 3.46. The summed E-state index contributed by atoms with van der Waals surface area (Å²) < 4.78 is 5.45. The van der Waals surface area contributed by atoms with Crippen molar-refractivity contribution in [1.82, 2.24) is 15.0 Å². The molecule has 0 bridgehead atoms. The van der Waals surface area contributed by atoms with Gasteiger partial charge in [0.05, 0.1) is 5.92 Å². The van der Waals surface area contributed by atoms with Crippen LogP contribution >= 0.6 is 0 Å². The molecule has 3 atom stereocenters. The van der Waals surface area contributed by atoms with Gasteiger partial charge in [-0.1, -0.05) is 42.4 Å². The van der Waals surface area contributed by atoms with Crippen LogP contribution < -0.4 is 0 Å². The Morgan fingerprint density at radius 2 is 2.16 bits per heavy atom. The third-order valence-corrected chi connectivity index (χ3v) is 5.38. The zero-order valence-electron chi connectivity index (χ0n) is 14.7. The van der Waals surface area contributed by atoms with Gasteiger partial charge in [0.15, 0.2) is 5.82 Å². The minimum Gasteiger partial charge on any atom is -0.342 e. The summed E-state index contributed by atoms with van der Waals surface area (Å²) >= 11 is 0. The number of likely N-dealkylation sites (tertiary alicyclic amines) is 1. The van der Waals surface area contributed by atoms with Crippen LogP contribution in [0.5, 0.6) is 0 Å². The van der Waals surface area contributed by atoms with Crippen LogP contribution in [0.3, 0.4) is 0 Å². The number of piperidine rings is 1. The van der Waals surface area contributed by atoms with Crippen LogP contribution in [-0.4, -0.2) is 34.0 Å². The number of carbonyl (C=O) groups excluding carboxylic acids is 1. The minimum atomic E-state index is 0.152. The normalized spacial score (nSPS) is 25.8. The number of hydrogen-bond donors (Lipinski definition) is 0. The fourth-order valence-corrected chi connectivity index (χ4v) is 3.91. The third-order valence-electron chi connectivity index (χ3n) is 5.38. The van der Waals surface area contributed by atoms with E-state index in [9.17, 15) is 4.79 Å². The second-order valence-electron chi connectivity index (χ2n) is 7.28. The van der Waals surface area contributed by atoms with Gasteiger partial charge >= 0.3 is 0 Å². The first-order valence-electron chi connectivity index (χ1n) is 9.42. The monoisotopic (exact) mass is 339 g/mol. The van der Waals surface area contributed by atoms with Gasteiger partial charge in [-0.05, 0) is 37.2 Å². The Hall–Kier alpha value is -2.17. The van der Waals surface area contributed by atoms with Crippen molar-refractivity contribution >= 4 is 5.91 Å². The van der Waals surface area contributed by atoms with Gasteiger partial charge in [0, 0.05) is 25.4 Å². The average Bonchev–Trinajstić information content (AvgIpc) is 3.33. The van der Waals surface area contributed by atoms with Gasteiger partial charge in [-0.2, -0.15) is 4.98 Å². The average molecular weight is 339 g/mol. The molecule has 0 unspecified atom stereocenters. The Balaban J connectivity index is 1.39. The first kappa shape index (κ1) is 16.3. The highest BCUT2D eigenvalue weighted by molar-refractivity contribution is 5.83. The van der Waals surface area contributed by atoms with Crippen LogP contribution in [0.15, 0.2) is 34.9 Å². The molecule has 2 aliphatic rings. The predicted molar refractivity (Wildman–Crippen MR) is 94.1 cm³/mol. The quantitative estimate of drug-likeness (QED) is 0.836. The lowest BCUT2D eigenvalue weighted by atomic mass is 9.97. The molecule has 0 N–H and O–H groups in total. The van der Waals surface area contributed by atoms with Crippen molar-refractivity contribution in [3.63, 3.8) is 0 Å². The summed E-state index contributed by atoms with van der Waals surface area (Å²) in [6.07, 6.45) is 4.86. The van der Waals surface area contributed by atoms with Crippen molar-refractivity contribution < 1.29 is 9.32 Å². The fraction of sp³-hybridized carbons (Fsp3) is 0.550. The van der Waals surface area contributed by atoms with Gasteiger partial charge in [0.1, 0.15) is 0 Å². The molecular weight excluding hydrogens is 314 g/mol. The lowest BCUT2D eigenvalue weighted by Crippen LogP contribution is -2.40. The van der Waals surface area contributed by atoms with Crippen LogP contribution in [0.2, 0.25) is 0 Å². The maximum atomic E-state index is 12.9. The molecule has 1 aliphatic carbocycles. The van der Waals surface area contributed by atoms with Gasteiger partial charge in [0.25, 0.3) is 0 Å². The number of carbonyl (C=O) groups is 1. The highest BCUT2D eigenvalue weighted by Gasteiger charge is 2.46. The smallest absolute Gasteiger partial charge is 0.231 e. The van der Waals surface area contributed by atoms with Crippen LogP contribution in [-0.2, 0) is 11.2 Å². The predicted octanol–water partition coefficient (Wildman–Crippen LogP) is 3.53. The molecule has 1 aromatic carbocycles. The SMILES string of the molecule is CCCc1noc([C@@H]2CCCN(C(=O)[C@H]3C[C@H]3c3ccccc3)C2)n1. The number of aromatic nitrogens is 2. The summed E-state index contributed by atoms with van der Waals surface area (Å²) in [7, 11) is 0. The Bertz CT molecular complexity index is 728. The highest BCUT2D eigenvalue weighted by Crippen LogP contribution is 2.48. The lowest BCUT2D eigenvalue weighted by Gasteiger charge is -2.31. The van der Waals surface area contributed by atoms with E-state index in [4.69, 9.17) is 4.52 Å². The maximum absolute atomic E-state index is 12.9. The molecule has 2 aromatic rings. The molecule has 2 heterocycles. The van der Waals surface area contributed by atoms with Crippen molar-refractivity contribution in [2.24, 2.45) is 5.92 Å². The van der Waals surface area contributed by atoms with E-state index < -0.39 is 0 Å². The molecule has 1 saturated heterocycles. The molecule has 132 valence electrons. The van der Waals surface area contributed by atoms with Gasteiger partial charge in [0.2, 0.25) is 11.8 Å². The van der Waals surface area contributed by atoms with Crippen molar-refractivity contribution in [2.75, 3.05) is 13.1 Å². The number of amides is 1. The Morgan fingerprint density at radius 3 is 2.96 bits per heavy atom. The summed E-state index contributed by atoms with van der Waals surface area (Å²) in [5, 5.41) is 4.06. The van der Waals surface area contributed by atoms with E-state index >= 15 is 0 Å². The van der Waals surface area contributed by atoms with E-state index in [1.165, 1.54) is 5.56 Å². The largest absolute Gasteiger partial charge is 0.342 e. The van der Waals surface area contributed by atoms with Crippen molar-refractivity contribution in [3.05, 3.63) is 47.6 Å². The van der Waals surface area contributed by atoms with Crippen LogP contribution in [0, 0.1) is 5.92 Å². The molecule has 0 spiro atoms. The van der Waals surface area contributed by atoms with E-state index in [-0.39, 0.29) is 11.8 Å². The zero-order valence-corrected chi connectivity index (χ0v) is 14.7. The zero-order chi connectivity index (χ0) is 17.2. The van der Waals surface area contributed by atoms with Gasteiger partial charge in [-0.3, -0.25) is 4.79 Å². The number of benzene rings is 1. The molecule has 0 radical (unpaired) electrons. The molecule has 1 amide bonds. The summed E-state index contributed by atoms with van der Waals surface area (Å²) in [5.41, 5.74) is 1.29. The Labute approximate surface area is 148 Å². The number of nitrogens with zero attached hydrogens (tertiary/aromatic N) is 3. The van der Waals surface area contributed by atoms with Gasteiger partial charge in [-0.15, -0.1) is 0 Å². The van der Waals surface area contributed by atoms with Crippen LogP contribution in [0.4, 0.5) is 0 Å². The number of hydrogen-bond acceptors (Lipinski definition) is 4. The summed E-state index contributed by atoms with van der Waals surface area (Å²) in [4.78, 5) is 19.4. The van der Waals surface area contributed by atoms with Gasteiger partial charge < -0.3 is 9.42 Å². The molecule has 2 fully saturated rings. The first-order chi connectivity index (χ1) is 12.3. The van der Waals surface area contributed by atoms with Gasteiger partial charge in [-0.25, -0.2) is 0 Å². The van der Waals surface area contributed by atoms with E-state index in [1.54, 1.807) is 0 Å². The molecule has 1 saturated carbocycles. The minimum absolute atomic E-state index is 0.152. The fourth-order valence-electron chi connectivity index (χ4n) is 3.91. The van der Waals surface area contributed by atoms with E-state index in [0.29, 0.717) is 24.3 Å². The lowest BCUT2D eigenvalue weighted by molar-refractivity contribution is -0.134.